The van der Waals surface area contributed by atoms with Gasteiger partial charge in [0, 0.05) is 46.8 Å². The maximum atomic E-state index is 14.6. The van der Waals surface area contributed by atoms with Gasteiger partial charge in [0.2, 0.25) is 0 Å². The molecule has 3 aliphatic rings. The number of hydrogen-bond donors (Lipinski definition) is 2. The summed E-state index contributed by atoms with van der Waals surface area (Å²) < 4.78 is 6.58. The molecule has 2 N–H and O–H groups in total. The van der Waals surface area contributed by atoms with Crippen molar-refractivity contribution in [2.75, 3.05) is 16.4 Å². The molecule has 4 aromatic carbocycles. The van der Waals surface area contributed by atoms with Gasteiger partial charge in [0.15, 0.2) is 13.9 Å². The molecule has 3 aliphatic heterocycles. The van der Waals surface area contributed by atoms with E-state index in [-0.39, 0.29) is 37.1 Å². The minimum Gasteiger partial charge on any atom is -0.432 e. The molecular weight excluding hydrogens is 590 g/mol. The fourth-order valence-electron chi connectivity index (χ4n) is 7.88. The highest BCUT2D eigenvalue weighted by atomic mass is 28.4. The van der Waals surface area contributed by atoms with Gasteiger partial charge < -0.3 is 19.5 Å². The van der Waals surface area contributed by atoms with Gasteiger partial charge in [-0.15, -0.1) is 0 Å². The van der Waals surface area contributed by atoms with Crippen molar-refractivity contribution in [3.63, 3.8) is 0 Å². The van der Waals surface area contributed by atoms with Gasteiger partial charge in [-0.25, -0.2) is 0 Å². The van der Waals surface area contributed by atoms with Gasteiger partial charge in [-0.1, -0.05) is 43.3 Å². The summed E-state index contributed by atoms with van der Waals surface area (Å²) in [7, 11) is -2.92. The molecule has 3 heterocycles. The van der Waals surface area contributed by atoms with Crippen LogP contribution in [-0.4, -0.2) is 47.7 Å². The first-order chi connectivity index (χ1) is 21.5. The molecular formula is C34H33N3O7Si. The van der Waals surface area contributed by atoms with Crippen LogP contribution in [0.3, 0.4) is 0 Å². The Balaban J connectivity index is 1.29. The predicted molar refractivity (Wildman–Crippen MR) is 172 cm³/mol. The second-order valence-corrected chi connectivity index (χ2v) is 16.7. The Hall–Kier alpha value is -4.42. The molecule has 2 amide bonds. The molecule has 45 heavy (non-hydrogen) atoms. The summed E-state index contributed by atoms with van der Waals surface area (Å²) in [6, 6.07) is 23.3. The van der Waals surface area contributed by atoms with Crippen molar-refractivity contribution >= 4 is 53.7 Å². The number of fused-ring (bicyclic) bond motifs is 2. The van der Waals surface area contributed by atoms with Crippen LogP contribution in [0.15, 0.2) is 78.9 Å². The number of nitro benzene ring substituents is 1. The predicted octanol–water partition coefficient (Wildman–Crippen LogP) is 5.77. The maximum Gasteiger partial charge on any atom is 0.269 e. The fourth-order valence-corrected chi connectivity index (χ4v) is 10.5. The van der Waals surface area contributed by atoms with E-state index in [1.54, 1.807) is 29.0 Å². The van der Waals surface area contributed by atoms with Gasteiger partial charge in [-0.05, 0) is 60.8 Å². The molecule has 4 aromatic rings. The third-order valence-corrected chi connectivity index (χ3v) is 12.2. The Kier molecular flexibility index (Phi) is 6.71. The smallest absolute Gasteiger partial charge is 0.269 e. The van der Waals surface area contributed by atoms with Gasteiger partial charge in [-0.2, -0.15) is 0 Å². The van der Waals surface area contributed by atoms with Crippen molar-refractivity contribution in [3.8, 4) is 0 Å². The second kappa shape index (κ2) is 10.3. The number of nitrogens with zero attached hydrogens (tertiary/aromatic N) is 3. The first-order valence-electron chi connectivity index (χ1n) is 15.0. The van der Waals surface area contributed by atoms with Crippen molar-refractivity contribution in [2.45, 2.75) is 50.2 Å². The number of ether oxygens (including phenoxy) is 1. The number of aliphatic hydroxyl groups is 1. The molecule has 11 heteroatoms. The van der Waals surface area contributed by atoms with E-state index in [1.807, 2.05) is 67.6 Å². The van der Waals surface area contributed by atoms with Crippen molar-refractivity contribution in [2.24, 2.45) is 5.92 Å². The molecule has 0 unspecified atom stereocenters. The quantitative estimate of drug-likeness (QED) is 0.152. The zero-order valence-electron chi connectivity index (χ0n) is 25.1. The Bertz CT molecular complexity index is 1900. The first-order valence-corrected chi connectivity index (χ1v) is 18.1. The lowest BCUT2D eigenvalue weighted by Gasteiger charge is -2.32. The van der Waals surface area contributed by atoms with Crippen molar-refractivity contribution in [3.05, 3.63) is 106 Å². The van der Waals surface area contributed by atoms with E-state index in [0.717, 1.165) is 22.0 Å². The molecule has 7 rings (SSSR count). The summed E-state index contributed by atoms with van der Waals surface area (Å²) in [5.74, 6) is -1.00. The number of carbonyl (C=O) groups is 2. The monoisotopic (exact) mass is 623 g/mol. The summed E-state index contributed by atoms with van der Waals surface area (Å²) in [5.41, 5.74) is 1.62. The summed E-state index contributed by atoms with van der Waals surface area (Å²) >= 11 is 0. The molecule has 1 saturated heterocycles. The van der Waals surface area contributed by atoms with Gasteiger partial charge in [-0.3, -0.25) is 24.6 Å². The van der Waals surface area contributed by atoms with Crippen LogP contribution in [0.25, 0.3) is 10.8 Å². The van der Waals surface area contributed by atoms with Gasteiger partial charge >= 0.3 is 0 Å². The van der Waals surface area contributed by atoms with E-state index in [4.69, 9.17) is 4.74 Å². The molecule has 230 valence electrons. The van der Waals surface area contributed by atoms with Crippen LogP contribution < -0.4 is 9.80 Å². The molecule has 10 nitrogen and oxygen atoms in total. The van der Waals surface area contributed by atoms with Crippen LogP contribution >= 0.6 is 0 Å². The van der Waals surface area contributed by atoms with Crippen LogP contribution in [-0.2, 0) is 21.7 Å². The molecule has 0 saturated carbocycles. The Morgan fingerprint density at radius 3 is 2.44 bits per heavy atom. The minimum absolute atomic E-state index is 0.127. The molecule has 1 fully saturated rings. The molecule has 1 spiro atoms. The number of hydrogen-bond acceptors (Lipinski definition) is 7. The normalized spacial score (nSPS) is 23.9. The van der Waals surface area contributed by atoms with E-state index in [1.165, 1.54) is 12.1 Å². The average Bonchev–Trinajstić information content (AvgIpc) is 3.56. The Labute approximate surface area is 260 Å². The zero-order chi connectivity index (χ0) is 31.8. The van der Waals surface area contributed by atoms with Gasteiger partial charge in [0.25, 0.3) is 17.5 Å². The molecule has 0 aliphatic carbocycles. The van der Waals surface area contributed by atoms with Crippen LogP contribution in [0, 0.1) is 16.0 Å². The lowest BCUT2D eigenvalue weighted by molar-refractivity contribution is -0.385. The number of carbonyl (C=O) groups excluding carboxylic acids is 2. The van der Waals surface area contributed by atoms with Crippen molar-refractivity contribution in [1.29, 1.82) is 0 Å². The van der Waals surface area contributed by atoms with Crippen molar-refractivity contribution in [1.82, 2.24) is 0 Å². The maximum absolute atomic E-state index is 14.6. The molecule has 0 radical (unpaired) electrons. The number of aliphatic hydroxyl groups excluding tert-OH is 1. The fraction of sp³-hybridized carbons (Fsp3) is 0.294. The van der Waals surface area contributed by atoms with Gasteiger partial charge in [0.1, 0.15) is 0 Å². The summed E-state index contributed by atoms with van der Waals surface area (Å²) in [4.78, 5) is 54.1. The minimum atomic E-state index is -2.92. The number of benzene rings is 4. The number of nitro groups is 1. The lowest BCUT2D eigenvalue weighted by atomic mass is 9.82. The SMILES string of the molecule is C[C@@H]1[C@@H]([Si](C)(C)O)[C@H](CCO)O[C@@]12C(=O)N(Cc1cccc(N3C(=O)c4cccc5cccc3c45)c1)c1ccc([N+](=O)[O-])cc12. The second-order valence-electron chi connectivity index (χ2n) is 12.7. The highest BCUT2D eigenvalue weighted by molar-refractivity contribution is 6.71. The van der Waals surface area contributed by atoms with E-state index in [9.17, 15) is 29.6 Å². The van der Waals surface area contributed by atoms with Crippen LogP contribution in [0.5, 0.6) is 0 Å². The van der Waals surface area contributed by atoms with E-state index >= 15 is 0 Å². The topological polar surface area (TPSA) is 133 Å². The average molecular weight is 624 g/mol. The Morgan fingerprint density at radius 2 is 1.73 bits per heavy atom. The van der Waals surface area contributed by atoms with Crippen LogP contribution in [0.1, 0.15) is 34.8 Å². The highest BCUT2D eigenvalue weighted by Crippen LogP contribution is 2.60. The number of non-ortho nitro benzene ring substituents is 1. The number of amides is 2. The van der Waals surface area contributed by atoms with E-state index < -0.39 is 36.4 Å². The lowest BCUT2D eigenvalue weighted by Crippen LogP contribution is -2.46. The first kappa shape index (κ1) is 29.3. The summed E-state index contributed by atoms with van der Waals surface area (Å²) in [6.45, 7) is 5.37. The molecule has 0 aromatic heterocycles. The summed E-state index contributed by atoms with van der Waals surface area (Å²) in [5, 5.41) is 23.6. The van der Waals surface area contributed by atoms with Crippen LogP contribution in [0.2, 0.25) is 18.6 Å². The van der Waals surface area contributed by atoms with E-state index in [0.29, 0.717) is 22.5 Å². The third-order valence-electron chi connectivity index (χ3n) is 9.66. The Morgan fingerprint density at radius 1 is 1.00 bits per heavy atom. The third kappa shape index (κ3) is 4.26. The van der Waals surface area contributed by atoms with Gasteiger partial charge in [0.05, 0.1) is 34.5 Å². The molecule has 4 atom stereocenters. The standard InChI is InChI=1S/C34H33N3O7Si/c1-20-31(45(2,3)43)29(15-16-38)44-34(20)26-18-24(37(41)42)13-14-27(26)35(33(34)40)19-21-7-4-10-23(17-21)36-28-12-6-9-22-8-5-11-25(30(22)28)32(36)39/h4-14,17-18,20,29,31,38,43H,15-16,19H2,1-3H3/t20-,29+,31-,34+/m1/s1. The van der Waals surface area contributed by atoms with E-state index in [2.05, 4.69) is 0 Å². The van der Waals surface area contributed by atoms with Crippen LogP contribution in [0.4, 0.5) is 22.7 Å². The summed E-state index contributed by atoms with van der Waals surface area (Å²) in [6.07, 6.45) is -0.367. The number of rotatable bonds is 7. The molecule has 0 bridgehead atoms. The largest absolute Gasteiger partial charge is 0.432 e. The highest BCUT2D eigenvalue weighted by Gasteiger charge is 2.66. The van der Waals surface area contributed by atoms with Crippen molar-refractivity contribution < 1.29 is 29.2 Å². The number of anilines is 3. The zero-order valence-corrected chi connectivity index (χ0v) is 26.1.